The van der Waals surface area contributed by atoms with Gasteiger partial charge in [-0.05, 0) is 30.7 Å². The summed E-state index contributed by atoms with van der Waals surface area (Å²) in [7, 11) is 0. The normalized spacial score (nSPS) is 16.8. The number of thioether (sulfide) groups is 1. The lowest BCUT2D eigenvalue weighted by atomic mass is 10.1. The summed E-state index contributed by atoms with van der Waals surface area (Å²) < 4.78 is 5.31. The number of primary amides is 1. The van der Waals surface area contributed by atoms with Gasteiger partial charge >= 0.3 is 5.97 Å². The fourth-order valence-corrected chi connectivity index (χ4v) is 3.63. The predicted molar refractivity (Wildman–Crippen MR) is 99.5 cm³/mol. The number of carbonyl (C=O) groups is 3. The van der Waals surface area contributed by atoms with E-state index in [0.717, 1.165) is 16.7 Å². The minimum absolute atomic E-state index is 0.0266. The van der Waals surface area contributed by atoms with E-state index in [4.69, 9.17) is 22.7 Å². The Morgan fingerprint density at radius 1 is 1.46 bits per heavy atom. The number of ether oxygens (including phenoxy) is 1. The Morgan fingerprint density at radius 2 is 2.15 bits per heavy atom. The van der Waals surface area contributed by atoms with Crippen LogP contribution in [-0.4, -0.2) is 49.9 Å². The van der Waals surface area contributed by atoms with E-state index < -0.39 is 30.2 Å². The third-order valence-electron chi connectivity index (χ3n) is 3.40. The Kier molecular flexibility index (Phi) is 6.22. The minimum Gasteiger partial charge on any atom is -0.504 e. The highest BCUT2D eigenvalue weighted by Crippen LogP contribution is 2.36. The summed E-state index contributed by atoms with van der Waals surface area (Å²) in [5.74, 6) is -2.63. The molecule has 4 N–H and O–H groups in total. The number of rotatable bonds is 7. The molecule has 1 aliphatic rings. The molecule has 2 amide bonds. The summed E-state index contributed by atoms with van der Waals surface area (Å²) in [5.41, 5.74) is 5.63. The second kappa shape index (κ2) is 8.19. The smallest absolute Gasteiger partial charge is 0.327 e. The number of aliphatic carboxylic acids is 1. The lowest BCUT2D eigenvalue weighted by Gasteiger charge is -2.21. The van der Waals surface area contributed by atoms with Gasteiger partial charge < -0.3 is 20.7 Å². The molecule has 26 heavy (non-hydrogen) atoms. The molecule has 0 saturated carbocycles. The summed E-state index contributed by atoms with van der Waals surface area (Å²) in [5, 5.41) is 19.0. The quantitative estimate of drug-likeness (QED) is 0.465. The Hall–Kier alpha value is -2.59. The van der Waals surface area contributed by atoms with E-state index in [1.165, 1.54) is 12.1 Å². The molecular formula is C16H16N2O6S2. The highest BCUT2D eigenvalue weighted by molar-refractivity contribution is 8.26. The zero-order valence-electron chi connectivity index (χ0n) is 13.7. The zero-order valence-corrected chi connectivity index (χ0v) is 15.3. The van der Waals surface area contributed by atoms with Gasteiger partial charge in [0.25, 0.3) is 5.91 Å². The van der Waals surface area contributed by atoms with Crippen LogP contribution < -0.4 is 10.5 Å². The van der Waals surface area contributed by atoms with Crippen molar-refractivity contribution in [2.75, 3.05) is 6.61 Å². The molecule has 1 aromatic carbocycles. The molecule has 0 radical (unpaired) electrons. The molecule has 1 atom stereocenters. The van der Waals surface area contributed by atoms with Gasteiger partial charge in [-0.15, -0.1) is 0 Å². The maximum atomic E-state index is 12.6. The van der Waals surface area contributed by atoms with Crippen LogP contribution in [0.5, 0.6) is 11.5 Å². The van der Waals surface area contributed by atoms with E-state index in [1.54, 1.807) is 19.1 Å². The first-order chi connectivity index (χ1) is 12.2. The number of hydrogen-bond acceptors (Lipinski definition) is 7. The number of aromatic hydroxyl groups is 1. The average Bonchev–Trinajstić information content (AvgIpc) is 2.82. The van der Waals surface area contributed by atoms with Crippen molar-refractivity contribution in [1.82, 2.24) is 4.90 Å². The van der Waals surface area contributed by atoms with Crippen molar-refractivity contribution in [1.29, 1.82) is 0 Å². The molecule has 0 spiro atoms. The molecule has 1 heterocycles. The number of carboxylic acid groups (broad SMARTS) is 1. The van der Waals surface area contributed by atoms with Crippen molar-refractivity contribution in [2.45, 2.75) is 19.4 Å². The minimum atomic E-state index is -1.45. The van der Waals surface area contributed by atoms with Crippen LogP contribution >= 0.6 is 24.0 Å². The van der Waals surface area contributed by atoms with E-state index >= 15 is 0 Å². The number of thiocarbonyl (C=S) groups is 1. The monoisotopic (exact) mass is 396 g/mol. The first-order valence-electron chi connectivity index (χ1n) is 7.48. The number of hydrogen-bond donors (Lipinski definition) is 3. The number of carbonyl (C=O) groups excluding carboxylic acids is 2. The van der Waals surface area contributed by atoms with Crippen molar-refractivity contribution in [3.05, 3.63) is 28.7 Å². The molecule has 10 heteroatoms. The molecule has 1 aromatic rings. The van der Waals surface area contributed by atoms with Gasteiger partial charge in [-0.3, -0.25) is 14.5 Å². The van der Waals surface area contributed by atoms with E-state index in [2.05, 4.69) is 0 Å². The standard InChI is InChI=1S/C16H16N2O6S2/c1-2-24-11-5-8(3-4-10(11)19)6-12-14(21)18(16(25)26-12)9(15(22)23)7-13(17)20/h3-6,9,19H,2,7H2,1H3,(H2,17,20)(H,22,23)/b12-6-. The van der Waals surface area contributed by atoms with Crippen LogP contribution in [0, 0.1) is 0 Å². The van der Waals surface area contributed by atoms with E-state index in [9.17, 15) is 24.6 Å². The number of amides is 2. The van der Waals surface area contributed by atoms with Gasteiger partial charge in [0.15, 0.2) is 11.5 Å². The Bertz CT molecular complexity index is 808. The third kappa shape index (κ3) is 4.33. The van der Waals surface area contributed by atoms with Gasteiger partial charge in [-0.25, -0.2) is 4.79 Å². The van der Waals surface area contributed by atoms with Crippen molar-refractivity contribution in [3.63, 3.8) is 0 Å². The van der Waals surface area contributed by atoms with E-state index in [1.807, 2.05) is 0 Å². The van der Waals surface area contributed by atoms with Crippen LogP contribution in [0.3, 0.4) is 0 Å². The molecule has 0 aliphatic carbocycles. The molecule has 8 nitrogen and oxygen atoms in total. The fourth-order valence-electron chi connectivity index (χ4n) is 2.27. The molecule has 0 bridgehead atoms. The van der Waals surface area contributed by atoms with Crippen LogP contribution in [0.4, 0.5) is 0 Å². The molecule has 2 rings (SSSR count). The van der Waals surface area contributed by atoms with Crippen molar-refractivity contribution >= 4 is 52.2 Å². The average molecular weight is 396 g/mol. The summed E-state index contributed by atoms with van der Waals surface area (Å²) in [4.78, 5) is 36.2. The largest absolute Gasteiger partial charge is 0.504 e. The second-order valence-corrected chi connectivity index (χ2v) is 6.91. The lowest BCUT2D eigenvalue weighted by Crippen LogP contribution is -2.46. The number of benzene rings is 1. The highest BCUT2D eigenvalue weighted by Gasteiger charge is 2.41. The SMILES string of the molecule is CCOc1cc(/C=C2\SC(=S)N(C(CC(N)=O)C(=O)O)C2=O)ccc1O. The first kappa shape index (κ1) is 19.7. The highest BCUT2D eigenvalue weighted by atomic mass is 32.2. The number of nitrogens with zero attached hydrogens (tertiary/aromatic N) is 1. The van der Waals surface area contributed by atoms with Crippen LogP contribution in [0.25, 0.3) is 6.08 Å². The number of nitrogens with two attached hydrogens (primary N) is 1. The molecule has 138 valence electrons. The maximum absolute atomic E-state index is 12.6. The molecule has 1 saturated heterocycles. The van der Waals surface area contributed by atoms with Gasteiger partial charge in [0.05, 0.1) is 17.9 Å². The molecular weight excluding hydrogens is 380 g/mol. The van der Waals surface area contributed by atoms with Gasteiger partial charge in [-0.2, -0.15) is 0 Å². The summed E-state index contributed by atoms with van der Waals surface area (Å²) in [6, 6.07) is 3.08. The van der Waals surface area contributed by atoms with E-state index in [-0.39, 0.29) is 20.7 Å². The van der Waals surface area contributed by atoms with Crippen molar-refractivity contribution < 1.29 is 29.3 Å². The third-order valence-corrected chi connectivity index (χ3v) is 4.73. The zero-order chi connectivity index (χ0) is 19.4. The second-order valence-electron chi connectivity index (χ2n) is 5.24. The van der Waals surface area contributed by atoms with Crippen LogP contribution in [-0.2, 0) is 14.4 Å². The van der Waals surface area contributed by atoms with E-state index in [0.29, 0.717) is 12.2 Å². The van der Waals surface area contributed by atoms with Crippen molar-refractivity contribution in [2.24, 2.45) is 5.73 Å². The van der Waals surface area contributed by atoms with Gasteiger partial charge in [0.2, 0.25) is 5.91 Å². The van der Waals surface area contributed by atoms with Gasteiger partial charge in [0.1, 0.15) is 10.4 Å². The fraction of sp³-hybridized carbons (Fsp3) is 0.250. The van der Waals surface area contributed by atoms with Gasteiger partial charge in [0, 0.05) is 0 Å². The topological polar surface area (TPSA) is 130 Å². The summed E-state index contributed by atoms with van der Waals surface area (Å²) in [6.07, 6.45) is 0.965. The lowest BCUT2D eigenvalue weighted by molar-refractivity contribution is -0.146. The van der Waals surface area contributed by atoms with Crippen molar-refractivity contribution in [3.8, 4) is 11.5 Å². The van der Waals surface area contributed by atoms with Crippen LogP contribution in [0.1, 0.15) is 18.9 Å². The molecule has 0 aromatic heterocycles. The predicted octanol–water partition coefficient (Wildman–Crippen LogP) is 1.32. The molecule has 1 fully saturated rings. The molecule has 1 unspecified atom stereocenters. The summed E-state index contributed by atoms with van der Waals surface area (Å²) >= 11 is 6.02. The Labute approximate surface area is 158 Å². The first-order valence-corrected chi connectivity index (χ1v) is 8.71. The Morgan fingerprint density at radius 3 is 2.73 bits per heavy atom. The number of carboxylic acids is 1. The number of phenols is 1. The van der Waals surface area contributed by atoms with Gasteiger partial charge in [-0.1, -0.05) is 30.0 Å². The number of phenolic OH excluding ortho intramolecular Hbond substituents is 1. The van der Waals surface area contributed by atoms with Crippen LogP contribution in [0.2, 0.25) is 0 Å². The van der Waals surface area contributed by atoms with Crippen LogP contribution in [0.15, 0.2) is 23.1 Å². The maximum Gasteiger partial charge on any atom is 0.327 e. The molecule has 1 aliphatic heterocycles. The summed E-state index contributed by atoms with van der Waals surface area (Å²) in [6.45, 7) is 2.12. The Balaban J connectivity index is 2.33.